The van der Waals surface area contributed by atoms with Gasteiger partial charge in [0.25, 0.3) is 5.91 Å². The maximum Gasteiger partial charge on any atom is 0.282 e. The number of carbonyl (C=O) groups is 1. The summed E-state index contributed by atoms with van der Waals surface area (Å²) >= 11 is 8.81. The van der Waals surface area contributed by atoms with Gasteiger partial charge in [0.2, 0.25) is 0 Å². The summed E-state index contributed by atoms with van der Waals surface area (Å²) in [6, 6.07) is 16.0. The summed E-state index contributed by atoms with van der Waals surface area (Å²) in [5, 5.41) is 9.37. The smallest absolute Gasteiger partial charge is 0.282 e. The molecule has 1 saturated heterocycles. The van der Waals surface area contributed by atoms with Crippen LogP contribution in [-0.4, -0.2) is 29.7 Å². The Balaban J connectivity index is 1.65. The van der Waals surface area contributed by atoms with Gasteiger partial charge in [-0.1, -0.05) is 55.6 Å². The van der Waals surface area contributed by atoms with E-state index in [2.05, 4.69) is 59.2 Å². The second-order valence-electron chi connectivity index (χ2n) is 7.91. The van der Waals surface area contributed by atoms with Crippen LogP contribution in [0.4, 0.5) is 5.69 Å². The number of nitrogens with zero attached hydrogens (tertiary/aromatic N) is 3. The molecule has 2 aromatic rings. The standard InChI is InChI=1S/C23H26ClIN4O/c1-16-21(23(30)27-28-14-6-2-3-7-15-28)26-29(20-9-5-4-8-19(20)24)22(16)17-10-12-18(25)13-11-17/h4-5,8-13,16,22H,2-3,6-7,14-15H2,1H3,(H,27,30)/t16-,22-/m1/s1. The number of amides is 1. The summed E-state index contributed by atoms with van der Waals surface area (Å²) in [6.07, 6.45) is 4.66. The minimum absolute atomic E-state index is 0.0756. The van der Waals surface area contributed by atoms with E-state index in [9.17, 15) is 4.79 Å². The minimum atomic E-state index is -0.116. The van der Waals surface area contributed by atoms with Crippen LogP contribution in [0.3, 0.4) is 0 Å². The SMILES string of the molecule is C[C@@H]1C(C(=O)NN2CCCCCC2)=NN(c2ccccc2Cl)[C@H]1c1ccc(I)cc1. The summed E-state index contributed by atoms with van der Waals surface area (Å²) in [7, 11) is 0. The van der Waals surface area contributed by atoms with Crippen LogP contribution in [0.2, 0.25) is 5.02 Å². The molecule has 1 fully saturated rings. The Hall–Kier alpha value is -1.64. The molecule has 0 aliphatic carbocycles. The molecule has 2 aromatic carbocycles. The molecule has 0 spiro atoms. The van der Waals surface area contributed by atoms with Crippen LogP contribution in [0.15, 0.2) is 53.6 Å². The van der Waals surface area contributed by atoms with Crippen LogP contribution in [0.1, 0.15) is 44.2 Å². The van der Waals surface area contributed by atoms with E-state index in [1.807, 2.05) is 34.3 Å². The minimum Gasteiger partial charge on any atom is -0.284 e. The van der Waals surface area contributed by atoms with E-state index in [-0.39, 0.29) is 17.9 Å². The van der Waals surface area contributed by atoms with Gasteiger partial charge in [0.05, 0.1) is 16.8 Å². The van der Waals surface area contributed by atoms with Crippen LogP contribution in [-0.2, 0) is 4.79 Å². The van der Waals surface area contributed by atoms with Crippen molar-refractivity contribution in [1.29, 1.82) is 0 Å². The van der Waals surface area contributed by atoms with Gasteiger partial charge in [-0.3, -0.25) is 15.2 Å². The number of halogens is 2. The van der Waals surface area contributed by atoms with E-state index in [1.54, 1.807) is 0 Å². The van der Waals surface area contributed by atoms with Crippen molar-refractivity contribution in [3.63, 3.8) is 0 Å². The molecule has 30 heavy (non-hydrogen) atoms. The highest BCUT2D eigenvalue weighted by molar-refractivity contribution is 14.1. The zero-order chi connectivity index (χ0) is 21.1. The second kappa shape index (κ2) is 9.66. The third-order valence-electron chi connectivity index (χ3n) is 5.79. The fourth-order valence-electron chi connectivity index (χ4n) is 4.20. The van der Waals surface area contributed by atoms with Gasteiger partial charge in [0, 0.05) is 22.6 Å². The molecular formula is C23H26ClIN4O. The van der Waals surface area contributed by atoms with E-state index < -0.39 is 0 Å². The number of para-hydroxylation sites is 1. The summed E-state index contributed by atoms with van der Waals surface area (Å²) in [5.74, 6) is -0.192. The number of nitrogens with one attached hydrogen (secondary N) is 1. The van der Waals surface area contributed by atoms with E-state index in [0.29, 0.717) is 10.7 Å². The molecule has 0 aromatic heterocycles. The highest BCUT2D eigenvalue weighted by atomic mass is 127. The van der Waals surface area contributed by atoms with Crippen LogP contribution in [0.25, 0.3) is 0 Å². The molecule has 0 unspecified atom stereocenters. The Kier molecular flexibility index (Phi) is 6.95. The van der Waals surface area contributed by atoms with Crippen molar-refractivity contribution >= 4 is 51.5 Å². The lowest BCUT2D eigenvalue weighted by Crippen LogP contribution is -2.46. The predicted octanol–water partition coefficient (Wildman–Crippen LogP) is 5.41. The lowest BCUT2D eigenvalue weighted by atomic mass is 9.91. The van der Waals surface area contributed by atoms with Crippen LogP contribution >= 0.6 is 34.2 Å². The lowest BCUT2D eigenvalue weighted by molar-refractivity contribution is -0.119. The zero-order valence-corrected chi connectivity index (χ0v) is 19.9. The first-order valence-corrected chi connectivity index (χ1v) is 11.9. The number of carbonyl (C=O) groups excluding carboxylic acids is 1. The van der Waals surface area contributed by atoms with Gasteiger partial charge >= 0.3 is 0 Å². The van der Waals surface area contributed by atoms with Crippen molar-refractivity contribution in [1.82, 2.24) is 10.4 Å². The first kappa shape index (κ1) is 21.6. The third kappa shape index (κ3) is 4.65. The largest absolute Gasteiger partial charge is 0.284 e. The van der Waals surface area contributed by atoms with Crippen LogP contribution in [0.5, 0.6) is 0 Å². The fraction of sp³-hybridized carbons (Fsp3) is 0.391. The van der Waals surface area contributed by atoms with Crippen LogP contribution < -0.4 is 10.4 Å². The molecule has 5 nitrogen and oxygen atoms in total. The molecule has 4 rings (SSSR count). The Morgan fingerprint density at radius 1 is 1.07 bits per heavy atom. The lowest BCUT2D eigenvalue weighted by Gasteiger charge is -2.27. The molecule has 0 bridgehead atoms. The molecule has 2 aliphatic rings. The van der Waals surface area contributed by atoms with Gasteiger partial charge in [0.15, 0.2) is 0 Å². The Morgan fingerprint density at radius 2 is 1.73 bits per heavy atom. The molecule has 0 saturated carbocycles. The van der Waals surface area contributed by atoms with Gasteiger partial charge in [-0.2, -0.15) is 5.10 Å². The maximum atomic E-state index is 13.2. The van der Waals surface area contributed by atoms with E-state index in [0.717, 1.165) is 37.2 Å². The third-order valence-corrected chi connectivity index (χ3v) is 6.83. The Morgan fingerprint density at radius 3 is 2.40 bits per heavy atom. The molecule has 158 valence electrons. The number of benzene rings is 2. The van der Waals surface area contributed by atoms with Gasteiger partial charge in [0.1, 0.15) is 5.71 Å². The monoisotopic (exact) mass is 536 g/mol. The number of anilines is 1. The average Bonchev–Trinajstić information content (AvgIpc) is 2.89. The first-order chi connectivity index (χ1) is 14.5. The second-order valence-corrected chi connectivity index (χ2v) is 9.56. The molecule has 1 amide bonds. The van der Waals surface area contributed by atoms with Crippen molar-refractivity contribution in [3.8, 4) is 0 Å². The van der Waals surface area contributed by atoms with Crippen molar-refractivity contribution in [3.05, 3.63) is 62.7 Å². The van der Waals surface area contributed by atoms with Crippen molar-refractivity contribution in [2.45, 2.75) is 38.6 Å². The number of hydrazone groups is 1. The van der Waals surface area contributed by atoms with E-state index in [4.69, 9.17) is 16.7 Å². The van der Waals surface area contributed by atoms with Crippen LogP contribution in [0, 0.1) is 9.49 Å². The van der Waals surface area contributed by atoms with Crippen molar-refractivity contribution < 1.29 is 4.79 Å². The maximum absolute atomic E-state index is 13.2. The highest BCUT2D eigenvalue weighted by Crippen LogP contribution is 2.41. The molecule has 7 heteroatoms. The summed E-state index contributed by atoms with van der Waals surface area (Å²) in [5.41, 5.74) is 5.57. The summed E-state index contributed by atoms with van der Waals surface area (Å²) in [6.45, 7) is 3.85. The number of rotatable bonds is 4. The van der Waals surface area contributed by atoms with Crippen molar-refractivity contribution in [2.24, 2.45) is 11.0 Å². The van der Waals surface area contributed by atoms with E-state index >= 15 is 0 Å². The molecule has 1 N–H and O–H groups in total. The molecule has 2 heterocycles. The van der Waals surface area contributed by atoms with Gasteiger partial charge in [-0.05, 0) is 65.3 Å². The van der Waals surface area contributed by atoms with Gasteiger partial charge in [-0.25, -0.2) is 5.01 Å². The average molecular weight is 537 g/mol. The van der Waals surface area contributed by atoms with E-state index in [1.165, 1.54) is 16.4 Å². The van der Waals surface area contributed by atoms with Crippen molar-refractivity contribution in [2.75, 3.05) is 18.1 Å². The Labute approximate surface area is 196 Å². The molecule has 2 aliphatic heterocycles. The fourth-order valence-corrected chi connectivity index (χ4v) is 4.78. The number of hydrazine groups is 1. The molecule has 2 atom stereocenters. The number of hydrogen-bond donors (Lipinski definition) is 1. The summed E-state index contributed by atoms with van der Waals surface area (Å²) in [4.78, 5) is 13.2. The zero-order valence-electron chi connectivity index (χ0n) is 17.0. The normalized spacial score (nSPS) is 22.5. The Bertz CT molecular complexity index is 925. The molecular weight excluding hydrogens is 511 g/mol. The quantitative estimate of drug-likeness (QED) is 0.532. The van der Waals surface area contributed by atoms with Gasteiger partial charge in [-0.15, -0.1) is 0 Å². The highest BCUT2D eigenvalue weighted by Gasteiger charge is 2.40. The summed E-state index contributed by atoms with van der Waals surface area (Å²) < 4.78 is 1.17. The first-order valence-electron chi connectivity index (χ1n) is 10.5. The van der Waals surface area contributed by atoms with Gasteiger partial charge < -0.3 is 0 Å². The molecule has 0 radical (unpaired) electrons. The predicted molar refractivity (Wildman–Crippen MR) is 131 cm³/mol. The topological polar surface area (TPSA) is 47.9 Å². The number of hydrogen-bond acceptors (Lipinski definition) is 4.